The number of ether oxygens (including phenoxy) is 1. The van der Waals surface area contributed by atoms with E-state index in [4.69, 9.17) is 9.84 Å². The Morgan fingerprint density at radius 3 is 2.20 bits per heavy atom. The van der Waals surface area contributed by atoms with Gasteiger partial charge in [0.2, 0.25) is 5.91 Å². The fourth-order valence-corrected chi connectivity index (χ4v) is 4.47. The van der Waals surface area contributed by atoms with Crippen molar-refractivity contribution in [1.29, 1.82) is 0 Å². The van der Waals surface area contributed by atoms with Gasteiger partial charge in [0.05, 0.1) is 12.6 Å². The third-order valence-corrected chi connectivity index (χ3v) is 6.95. The van der Waals surface area contributed by atoms with E-state index < -0.39 is 5.97 Å². The minimum Gasteiger partial charge on any atom is -0.497 e. The maximum Gasteiger partial charge on any atom is 0.303 e. The number of carboxylic acids is 1. The third-order valence-electron chi connectivity index (χ3n) is 6.95. The number of nitrogens with zero attached hydrogens (tertiary/aromatic N) is 2. The van der Waals surface area contributed by atoms with Crippen LogP contribution in [0.2, 0.25) is 0 Å². The molecule has 0 radical (unpaired) electrons. The summed E-state index contributed by atoms with van der Waals surface area (Å²) < 4.78 is 7.31. The molecule has 1 aromatic heterocycles. The molecule has 1 N–H and O–H groups in total. The second kappa shape index (κ2) is 14.5. The molecule has 3 rings (SSSR count). The molecule has 0 atom stereocenters. The lowest BCUT2D eigenvalue weighted by Gasteiger charge is -2.25. The van der Waals surface area contributed by atoms with Gasteiger partial charge in [0, 0.05) is 48.3 Å². The number of carboxylic acid groups (broad SMARTS) is 1. The second-order valence-corrected chi connectivity index (χ2v) is 11.1. The maximum atomic E-state index is 13.6. The summed E-state index contributed by atoms with van der Waals surface area (Å²) >= 11 is 0. The number of aliphatic carboxylic acids is 1. The summed E-state index contributed by atoms with van der Waals surface area (Å²) in [5.74, 6) is 0.749. The highest BCUT2D eigenvalue weighted by molar-refractivity contribution is 6.16. The molecule has 0 bridgehead atoms. The monoisotopic (exact) mass is 546 g/mol. The van der Waals surface area contributed by atoms with Gasteiger partial charge in [-0.3, -0.25) is 14.4 Å². The average molecular weight is 547 g/mol. The molecule has 0 fully saturated rings. The topological polar surface area (TPSA) is 88.8 Å². The quantitative estimate of drug-likeness (QED) is 0.215. The first kappa shape index (κ1) is 30.7. The van der Waals surface area contributed by atoms with E-state index in [-0.39, 0.29) is 24.7 Å². The predicted molar refractivity (Wildman–Crippen MR) is 160 cm³/mol. The molecule has 0 aliphatic rings. The maximum absolute atomic E-state index is 13.6. The van der Waals surface area contributed by atoms with Gasteiger partial charge >= 0.3 is 5.97 Å². The van der Waals surface area contributed by atoms with Crippen LogP contribution in [0.4, 0.5) is 0 Å². The molecule has 214 valence electrons. The van der Waals surface area contributed by atoms with Gasteiger partial charge < -0.3 is 19.3 Å². The van der Waals surface area contributed by atoms with Crippen molar-refractivity contribution in [3.8, 4) is 5.75 Å². The number of aromatic nitrogens is 1. The Labute approximate surface area is 237 Å². The molecule has 0 saturated carbocycles. The highest BCUT2D eigenvalue weighted by atomic mass is 16.5. The SMILES string of the molecule is COc1ccc2c(C(=O)c3ccc(/C=C/CCC(=O)O)cc3)cn(CC(=O)N(CCC(C)C)CCC(C)C)c2c1. The number of amides is 1. The molecule has 0 aliphatic heterocycles. The minimum absolute atomic E-state index is 0.0408. The predicted octanol–water partition coefficient (Wildman–Crippen LogP) is 6.68. The van der Waals surface area contributed by atoms with Crippen molar-refractivity contribution in [2.24, 2.45) is 11.8 Å². The zero-order valence-corrected chi connectivity index (χ0v) is 24.4. The Bertz CT molecular complexity index is 1320. The van der Waals surface area contributed by atoms with Crippen molar-refractivity contribution in [3.63, 3.8) is 0 Å². The van der Waals surface area contributed by atoms with Crippen molar-refractivity contribution >= 4 is 34.6 Å². The van der Waals surface area contributed by atoms with Crippen LogP contribution >= 0.6 is 0 Å². The molecule has 7 heteroatoms. The lowest BCUT2D eigenvalue weighted by atomic mass is 10.0. The molecule has 0 unspecified atom stereocenters. The molecule has 40 heavy (non-hydrogen) atoms. The second-order valence-electron chi connectivity index (χ2n) is 11.1. The first-order valence-electron chi connectivity index (χ1n) is 14.1. The molecule has 0 spiro atoms. The zero-order chi connectivity index (χ0) is 29.2. The number of hydrogen-bond acceptors (Lipinski definition) is 4. The van der Waals surface area contributed by atoms with E-state index in [0.717, 1.165) is 29.3 Å². The van der Waals surface area contributed by atoms with Crippen LogP contribution in [-0.2, 0) is 16.1 Å². The normalized spacial score (nSPS) is 11.6. The fourth-order valence-electron chi connectivity index (χ4n) is 4.47. The van der Waals surface area contributed by atoms with Crippen LogP contribution < -0.4 is 4.74 Å². The van der Waals surface area contributed by atoms with Crippen LogP contribution in [0.3, 0.4) is 0 Å². The highest BCUT2D eigenvalue weighted by Gasteiger charge is 2.21. The van der Waals surface area contributed by atoms with Gasteiger partial charge in [0.15, 0.2) is 5.78 Å². The number of fused-ring (bicyclic) bond motifs is 1. The zero-order valence-electron chi connectivity index (χ0n) is 24.4. The van der Waals surface area contributed by atoms with Crippen molar-refractivity contribution < 1.29 is 24.2 Å². The van der Waals surface area contributed by atoms with E-state index in [1.165, 1.54) is 0 Å². The van der Waals surface area contributed by atoms with E-state index >= 15 is 0 Å². The smallest absolute Gasteiger partial charge is 0.303 e. The summed E-state index contributed by atoms with van der Waals surface area (Å²) in [6.45, 7) is 10.2. The van der Waals surface area contributed by atoms with Gasteiger partial charge in [0.25, 0.3) is 0 Å². The van der Waals surface area contributed by atoms with Crippen molar-refractivity contribution in [2.75, 3.05) is 20.2 Å². The third kappa shape index (κ3) is 8.57. The van der Waals surface area contributed by atoms with E-state index in [9.17, 15) is 14.4 Å². The lowest BCUT2D eigenvalue weighted by molar-refractivity contribution is -0.137. The molecule has 2 aromatic carbocycles. The lowest BCUT2D eigenvalue weighted by Crippen LogP contribution is -2.36. The summed E-state index contributed by atoms with van der Waals surface area (Å²) in [5.41, 5.74) is 2.75. The van der Waals surface area contributed by atoms with Crippen LogP contribution in [-0.4, -0.2) is 52.4 Å². The largest absolute Gasteiger partial charge is 0.497 e. The van der Waals surface area contributed by atoms with Gasteiger partial charge in [-0.15, -0.1) is 0 Å². The first-order valence-corrected chi connectivity index (χ1v) is 14.1. The van der Waals surface area contributed by atoms with Crippen LogP contribution in [0, 0.1) is 11.8 Å². The van der Waals surface area contributed by atoms with Crippen molar-refractivity contribution in [3.05, 3.63) is 71.4 Å². The van der Waals surface area contributed by atoms with E-state index in [1.54, 1.807) is 25.4 Å². The molecular formula is C33H42N2O5. The number of rotatable bonds is 15. The van der Waals surface area contributed by atoms with Crippen LogP contribution in [0.25, 0.3) is 17.0 Å². The summed E-state index contributed by atoms with van der Waals surface area (Å²) in [4.78, 5) is 39.8. The number of carbonyl (C=O) groups is 3. The van der Waals surface area contributed by atoms with Crippen LogP contribution in [0.15, 0.2) is 54.7 Å². The van der Waals surface area contributed by atoms with Crippen molar-refractivity contribution in [2.45, 2.75) is 59.9 Å². The summed E-state index contributed by atoms with van der Waals surface area (Å²) in [5, 5.41) is 9.55. The number of allylic oxidation sites excluding steroid dienone is 1. The average Bonchev–Trinajstić information content (AvgIpc) is 3.27. The molecule has 0 saturated heterocycles. The summed E-state index contributed by atoms with van der Waals surface area (Å²) in [7, 11) is 1.60. The summed E-state index contributed by atoms with van der Waals surface area (Å²) in [6, 6.07) is 12.8. The van der Waals surface area contributed by atoms with E-state index in [2.05, 4.69) is 27.7 Å². The van der Waals surface area contributed by atoms with Crippen LogP contribution in [0.1, 0.15) is 74.9 Å². The van der Waals surface area contributed by atoms with Gasteiger partial charge in [-0.25, -0.2) is 0 Å². The Morgan fingerprint density at radius 2 is 1.62 bits per heavy atom. The van der Waals surface area contributed by atoms with Gasteiger partial charge in [-0.05, 0) is 48.8 Å². The van der Waals surface area contributed by atoms with Gasteiger partial charge in [0.1, 0.15) is 12.3 Å². The summed E-state index contributed by atoms with van der Waals surface area (Å²) in [6.07, 6.45) is 7.87. The van der Waals surface area contributed by atoms with Gasteiger partial charge in [-0.1, -0.05) is 64.1 Å². The standard InChI is InChI=1S/C33H42N2O5/c1-23(2)16-18-34(19-17-24(3)4)31(36)22-35-21-29(28-15-14-27(40-5)20-30(28)35)33(39)26-12-10-25(11-13-26)8-6-7-9-32(37)38/h6,8,10-15,20-21,23-24H,7,9,16-19,22H2,1-5H3,(H,37,38)/b8-6+. The molecule has 1 heterocycles. The molecular weight excluding hydrogens is 504 g/mol. The Kier molecular flexibility index (Phi) is 11.1. The highest BCUT2D eigenvalue weighted by Crippen LogP contribution is 2.28. The Morgan fingerprint density at radius 1 is 0.975 bits per heavy atom. The number of benzene rings is 2. The Balaban J connectivity index is 1.88. The molecule has 3 aromatic rings. The Hall–Kier alpha value is -3.87. The first-order chi connectivity index (χ1) is 19.1. The molecule has 0 aliphatic carbocycles. The molecule has 7 nitrogen and oxygen atoms in total. The van der Waals surface area contributed by atoms with Crippen LogP contribution in [0.5, 0.6) is 5.75 Å². The van der Waals surface area contributed by atoms with E-state index in [1.807, 2.05) is 52.0 Å². The number of hydrogen-bond donors (Lipinski definition) is 1. The number of carbonyl (C=O) groups excluding carboxylic acids is 2. The minimum atomic E-state index is -0.831. The number of methoxy groups -OCH3 is 1. The van der Waals surface area contributed by atoms with Gasteiger partial charge in [-0.2, -0.15) is 0 Å². The fraction of sp³-hybridized carbons (Fsp3) is 0.424. The molecule has 1 amide bonds. The number of ketones is 1. The van der Waals surface area contributed by atoms with Crippen molar-refractivity contribution in [1.82, 2.24) is 9.47 Å². The van der Waals surface area contributed by atoms with E-state index in [0.29, 0.717) is 48.2 Å².